The van der Waals surface area contributed by atoms with E-state index in [-0.39, 0.29) is 6.42 Å². The van der Waals surface area contributed by atoms with Crippen LogP contribution in [0.15, 0.2) is 54.8 Å². The van der Waals surface area contributed by atoms with Gasteiger partial charge in [0, 0.05) is 25.1 Å². The van der Waals surface area contributed by atoms with Gasteiger partial charge in [-0.15, -0.1) is 12.3 Å². The number of alkyl halides is 3. The number of nitrogens with one attached hydrogen (secondary N) is 1. The number of allylic oxidation sites excluding steroid dienone is 2. The van der Waals surface area contributed by atoms with Gasteiger partial charge in [-0.1, -0.05) is 36.4 Å². The summed E-state index contributed by atoms with van der Waals surface area (Å²) >= 11 is 0. The van der Waals surface area contributed by atoms with Crippen molar-refractivity contribution < 1.29 is 22.4 Å². The SMILES string of the molecule is C#CCC1(c2ccc(F)cc2)C=CC=CC1NC(=O)c1nn(C)cc1C(F)(F)F. The molecule has 0 aliphatic heterocycles. The summed E-state index contributed by atoms with van der Waals surface area (Å²) in [5, 5.41) is 6.28. The van der Waals surface area contributed by atoms with Gasteiger partial charge < -0.3 is 5.32 Å². The first kappa shape index (κ1) is 20.4. The zero-order valence-electron chi connectivity index (χ0n) is 15.4. The molecule has 1 heterocycles. The molecule has 1 N–H and O–H groups in total. The molecule has 2 atom stereocenters. The molecule has 1 aliphatic carbocycles. The Kier molecular flexibility index (Phi) is 5.33. The summed E-state index contributed by atoms with van der Waals surface area (Å²) < 4.78 is 54.1. The Balaban J connectivity index is 1.99. The maximum absolute atomic E-state index is 13.4. The Hall–Kier alpha value is -3.34. The second kappa shape index (κ2) is 7.59. The van der Waals surface area contributed by atoms with E-state index < -0.39 is 40.6 Å². The van der Waals surface area contributed by atoms with Crippen LogP contribution in [0.1, 0.15) is 28.0 Å². The van der Waals surface area contributed by atoms with Gasteiger partial charge in [0.25, 0.3) is 5.91 Å². The highest BCUT2D eigenvalue weighted by molar-refractivity contribution is 5.94. The lowest BCUT2D eigenvalue weighted by Gasteiger charge is -2.38. The fraction of sp³-hybridized carbons (Fsp3) is 0.238. The lowest BCUT2D eigenvalue weighted by atomic mass is 9.69. The average molecular weight is 403 g/mol. The number of rotatable bonds is 4. The highest BCUT2D eigenvalue weighted by atomic mass is 19.4. The number of carbonyl (C=O) groups is 1. The van der Waals surface area contributed by atoms with Crippen molar-refractivity contribution in [1.82, 2.24) is 15.1 Å². The number of hydrogen-bond donors (Lipinski definition) is 1. The summed E-state index contributed by atoms with van der Waals surface area (Å²) in [7, 11) is 1.30. The molecule has 0 fully saturated rings. The number of aryl methyl sites for hydroxylation is 1. The zero-order chi connectivity index (χ0) is 21.2. The third-order valence-electron chi connectivity index (χ3n) is 4.78. The topological polar surface area (TPSA) is 46.9 Å². The number of halogens is 4. The van der Waals surface area contributed by atoms with Gasteiger partial charge in [-0.3, -0.25) is 9.48 Å². The molecular weight excluding hydrogens is 386 g/mol. The largest absolute Gasteiger partial charge is 0.420 e. The number of amides is 1. The van der Waals surface area contributed by atoms with Crippen molar-refractivity contribution in [2.45, 2.75) is 24.1 Å². The quantitative estimate of drug-likeness (QED) is 0.624. The van der Waals surface area contributed by atoms with Crippen LogP contribution in [0.25, 0.3) is 0 Å². The molecule has 2 aromatic rings. The maximum Gasteiger partial charge on any atom is 0.420 e. The van der Waals surface area contributed by atoms with Crippen LogP contribution < -0.4 is 5.32 Å². The fourth-order valence-corrected chi connectivity index (χ4v) is 3.40. The van der Waals surface area contributed by atoms with Crippen LogP contribution in [0.3, 0.4) is 0 Å². The Morgan fingerprint density at radius 3 is 2.62 bits per heavy atom. The van der Waals surface area contributed by atoms with Gasteiger partial charge >= 0.3 is 6.18 Å². The molecular formula is C21H17F4N3O. The lowest BCUT2D eigenvalue weighted by Crippen LogP contribution is -2.49. The molecule has 0 saturated carbocycles. The standard InChI is InChI=1S/C21H17F4N3O/c1-3-11-20(14-7-9-15(22)10-8-14)12-5-4-6-17(20)26-19(29)18-16(21(23,24)25)13-28(2)27-18/h1,4-10,12-13,17H,11H2,2H3,(H,26,29). The van der Waals surface area contributed by atoms with Gasteiger partial charge in [0.2, 0.25) is 0 Å². The second-order valence-electron chi connectivity index (χ2n) is 6.69. The number of carbonyl (C=O) groups excluding carboxylic acids is 1. The van der Waals surface area contributed by atoms with E-state index in [4.69, 9.17) is 6.42 Å². The lowest BCUT2D eigenvalue weighted by molar-refractivity contribution is -0.138. The summed E-state index contributed by atoms with van der Waals surface area (Å²) in [6.07, 6.45) is 8.48. The highest BCUT2D eigenvalue weighted by Gasteiger charge is 2.42. The number of benzene rings is 1. The molecule has 0 radical (unpaired) electrons. The van der Waals surface area contributed by atoms with Crippen LogP contribution >= 0.6 is 0 Å². The van der Waals surface area contributed by atoms with Gasteiger partial charge in [0.1, 0.15) is 11.4 Å². The molecule has 2 unspecified atom stereocenters. The summed E-state index contributed by atoms with van der Waals surface area (Å²) in [5.41, 5.74) is -2.17. The van der Waals surface area contributed by atoms with Crippen LogP contribution in [-0.2, 0) is 18.6 Å². The van der Waals surface area contributed by atoms with Crippen LogP contribution in [0, 0.1) is 18.2 Å². The molecule has 0 saturated heterocycles. The molecule has 3 rings (SSSR count). The second-order valence-corrected chi connectivity index (χ2v) is 6.69. The zero-order valence-corrected chi connectivity index (χ0v) is 15.4. The molecule has 1 aliphatic rings. The Morgan fingerprint density at radius 2 is 2.00 bits per heavy atom. The number of nitrogens with zero attached hydrogens (tertiary/aromatic N) is 2. The first-order chi connectivity index (χ1) is 13.7. The van der Waals surface area contributed by atoms with Gasteiger partial charge in [-0.2, -0.15) is 18.3 Å². The summed E-state index contributed by atoms with van der Waals surface area (Å²) in [4.78, 5) is 12.7. The fourth-order valence-electron chi connectivity index (χ4n) is 3.40. The normalized spacial score (nSPS) is 21.0. The highest BCUT2D eigenvalue weighted by Crippen LogP contribution is 2.37. The molecule has 150 valence electrons. The van der Waals surface area contributed by atoms with Crippen molar-refractivity contribution in [2.75, 3.05) is 0 Å². The van der Waals surface area contributed by atoms with Crippen molar-refractivity contribution in [3.05, 3.63) is 77.4 Å². The minimum absolute atomic E-state index is 0.138. The van der Waals surface area contributed by atoms with E-state index in [1.165, 1.54) is 31.3 Å². The van der Waals surface area contributed by atoms with Crippen molar-refractivity contribution in [1.29, 1.82) is 0 Å². The van der Waals surface area contributed by atoms with Gasteiger partial charge in [0.05, 0.1) is 6.04 Å². The van der Waals surface area contributed by atoms with E-state index >= 15 is 0 Å². The first-order valence-corrected chi connectivity index (χ1v) is 8.64. The van der Waals surface area contributed by atoms with E-state index in [9.17, 15) is 22.4 Å². The molecule has 4 nitrogen and oxygen atoms in total. The van der Waals surface area contributed by atoms with E-state index in [0.717, 1.165) is 10.9 Å². The van der Waals surface area contributed by atoms with Crippen LogP contribution in [-0.4, -0.2) is 21.7 Å². The minimum atomic E-state index is -4.73. The molecule has 0 bridgehead atoms. The number of aromatic nitrogens is 2. The van der Waals surface area contributed by atoms with Crippen molar-refractivity contribution in [2.24, 2.45) is 7.05 Å². The monoisotopic (exact) mass is 403 g/mol. The van der Waals surface area contributed by atoms with Crippen molar-refractivity contribution in [3.63, 3.8) is 0 Å². The van der Waals surface area contributed by atoms with Crippen molar-refractivity contribution in [3.8, 4) is 12.3 Å². The minimum Gasteiger partial charge on any atom is -0.343 e. The van der Waals surface area contributed by atoms with Crippen LogP contribution in [0.2, 0.25) is 0 Å². The first-order valence-electron chi connectivity index (χ1n) is 8.64. The third-order valence-corrected chi connectivity index (χ3v) is 4.78. The summed E-state index contributed by atoms with van der Waals surface area (Å²) in [6.45, 7) is 0. The Morgan fingerprint density at radius 1 is 1.31 bits per heavy atom. The molecule has 1 aromatic heterocycles. The maximum atomic E-state index is 13.4. The number of hydrogen-bond acceptors (Lipinski definition) is 2. The summed E-state index contributed by atoms with van der Waals surface area (Å²) in [6, 6.07) is 4.84. The third kappa shape index (κ3) is 3.94. The van der Waals surface area contributed by atoms with Gasteiger partial charge in [-0.25, -0.2) is 4.39 Å². The van der Waals surface area contributed by atoms with Crippen LogP contribution in [0.5, 0.6) is 0 Å². The average Bonchev–Trinajstić information content (AvgIpc) is 3.06. The van der Waals surface area contributed by atoms with Gasteiger partial charge in [-0.05, 0) is 17.7 Å². The molecule has 1 aromatic carbocycles. The Bertz CT molecular complexity index is 1010. The van der Waals surface area contributed by atoms with Gasteiger partial charge in [0.15, 0.2) is 5.69 Å². The van der Waals surface area contributed by atoms with E-state index in [2.05, 4.69) is 16.3 Å². The molecule has 1 amide bonds. The smallest absolute Gasteiger partial charge is 0.343 e. The molecule has 8 heteroatoms. The summed E-state index contributed by atoms with van der Waals surface area (Å²) in [5.74, 6) is 1.12. The van der Waals surface area contributed by atoms with E-state index in [1.807, 2.05) is 0 Å². The number of terminal acetylenes is 1. The van der Waals surface area contributed by atoms with Crippen LogP contribution in [0.4, 0.5) is 17.6 Å². The predicted octanol–water partition coefficient (Wildman–Crippen LogP) is 3.76. The van der Waals surface area contributed by atoms with E-state index in [1.54, 1.807) is 24.3 Å². The predicted molar refractivity (Wildman–Crippen MR) is 99.3 cm³/mol. The molecule has 0 spiro atoms. The molecule has 29 heavy (non-hydrogen) atoms. The Labute approximate surface area is 164 Å². The van der Waals surface area contributed by atoms with E-state index in [0.29, 0.717) is 5.56 Å². The van der Waals surface area contributed by atoms with Crippen molar-refractivity contribution >= 4 is 5.91 Å².